The number of rotatable bonds is 8. The number of hydrogen-bond acceptors (Lipinski definition) is 6. The first-order chi connectivity index (χ1) is 14.4. The van der Waals surface area contributed by atoms with Gasteiger partial charge in [0.2, 0.25) is 0 Å². The second kappa shape index (κ2) is 8.88. The van der Waals surface area contributed by atoms with E-state index in [1.807, 2.05) is 0 Å². The monoisotopic (exact) mass is 430 g/mol. The van der Waals surface area contributed by atoms with Crippen molar-refractivity contribution in [3.8, 4) is 5.75 Å². The molecule has 0 radical (unpaired) electrons. The van der Waals surface area contributed by atoms with Crippen LogP contribution >= 0.6 is 11.6 Å². The summed E-state index contributed by atoms with van der Waals surface area (Å²) in [6.07, 6.45) is 0. The van der Waals surface area contributed by atoms with Crippen LogP contribution in [-0.4, -0.2) is 38.0 Å². The minimum absolute atomic E-state index is 0.0805. The number of benzene rings is 2. The number of ether oxygens (including phenoxy) is 3. The summed E-state index contributed by atoms with van der Waals surface area (Å²) in [4.78, 5) is 39.4. The molecule has 0 saturated heterocycles. The van der Waals surface area contributed by atoms with Gasteiger partial charge in [0.05, 0.1) is 26.2 Å². The highest BCUT2D eigenvalue weighted by Crippen LogP contribution is 2.67. The first-order valence-corrected chi connectivity index (χ1v) is 10.1. The first-order valence-electron chi connectivity index (χ1n) is 9.69. The third kappa shape index (κ3) is 3.67. The second-order valence-electron chi connectivity index (χ2n) is 6.91. The Labute approximate surface area is 180 Å². The summed E-state index contributed by atoms with van der Waals surface area (Å²) in [6, 6.07) is 13.3. The summed E-state index contributed by atoms with van der Waals surface area (Å²) in [6.45, 7) is 3.46. The lowest BCUT2D eigenvalue weighted by molar-refractivity contribution is -0.165. The van der Waals surface area contributed by atoms with Gasteiger partial charge in [0, 0.05) is 16.5 Å². The molecule has 2 aromatic carbocycles. The van der Waals surface area contributed by atoms with E-state index < -0.39 is 29.2 Å². The van der Waals surface area contributed by atoms with Crippen LogP contribution in [0.3, 0.4) is 0 Å². The topological polar surface area (TPSA) is 78.9 Å². The molecule has 158 valence electrons. The number of hydrogen-bond donors (Lipinski definition) is 0. The molecule has 0 aromatic heterocycles. The van der Waals surface area contributed by atoms with Crippen molar-refractivity contribution in [2.45, 2.75) is 19.8 Å². The lowest BCUT2D eigenvalue weighted by atomic mass is 9.97. The predicted octanol–water partition coefficient (Wildman–Crippen LogP) is 4.06. The molecule has 2 aromatic rings. The van der Waals surface area contributed by atoms with E-state index in [4.69, 9.17) is 25.8 Å². The van der Waals surface area contributed by atoms with Crippen molar-refractivity contribution < 1.29 is 28.6 Å². The Kier molecular flexibility index (Phi) is 6.46. The van der Waals surface area contributed by atoms with Crippen molar-refractivity contribution in [2.75, 3.05) is 20.3 Å². The average Bonchev–Trinajstić information content (AvgIpc) is 3.45. The molecule has 0 aliphatic heterocycles. The Bertz CT molecular complexity index is 917. The standard InChI is InChI=1S/C23H23ClO6/c1-4-29-21(26)23(22(27)30-5-2)18(14-8-12-17(28-3)13-9-14)19(23)20(25)15-6-10-16(24)11-7-15/h6-13,18-19H,4-5H2,1-3H3/t18-,19+/m1/s1. The van der Waals surface area contributed by atoms with Crippen LogP contribution < -0.4 is 4.74 Å². The highest BCUT2D eigenvalue weighted by atomic mass is 35.5. The van der Waals surface area contributed by atoms with Crippen LogP contribution in [0.1, 0.15) is 35.7 Å². The Morgan fingerprint density at radius 3 is 1.90 bits per heavy atom. The number of esters is 2. The van der Waals surface area contributed by atoms with Gasteiger partial charge >= 0.3 is 11.9 Å². The van der Waals surface area contributed by atoms with Crippen LogP contribution in [-0.2, 0) is 19.1 Å². The summed E-state index contributed by atoms with van der Waals surface area (Å²) in [5.74, 6) is -2.87. The van der Waals surface area contributed by atoms with E-state index in [1.165, 1.54) is 0 Å². The van der Waals surface area contributed by atoms with Gasteiger partial charge in [-0.2, -0.15) is 0 Å². The van der Waals surface area contributed by atoms with Crippen molar-refractivity contribution in [3.63, 3.8) is 0 Å². The van der Waals surface area contributed by atoms with Gasteiger partial charge in [-0.05, 0) is 55.8 Å². The molecule has 6 nitrogen and oxygen atoms in total. The molecule has 1 aliphatic carbocycles. The molecule has 0 heterocycles. The van der Waals surface area contributed by atoms with Crippen LogP contribution in [0.4, 0.5) is 0 Å². The molecular formula is C23H23ClO6. The third-order valence-corrected chi connectivity index (χ3v) is 5.57. The molecule has 0 N–H and O–H groups in total. The van der Waals surface area contributed by atoms with Gasteiger partial charge < -0.3 is 14.2 Å². The van der Waals surface area contributed by atoms with E-state index in [-0.39, 0.29) is 19.0 Å². The molecule has 1 fully saturated rings. The van der Waals surface area contributed by atoms with Crippen LogP contribution in [0.25, 0.3) is 0 Å². The smallest absolute Gasteiger partial charge is 0.324 e. The van der Waals surface area contributed by atoms with Gasteiger partial charge in [0.15, 0.2) is 11.2 Å². The lowest BCUT2D eigenvalue weighted by Crippen LogP contribution is -2.34. The van der Waals surface area contributed by atoms with Gasteiger partial charge in [-0.1, -0.05) is 23.7 Å². The quantitative estimate of drug-likeness (QED) is 0.357. The van der Waals surface area contributed by atoms with Crippen molar-refractivity contribution >= 4 is 29.3 Å². The van der Waals surface area contributed by atoms with Gasteiger partial charge in [0.1, 0.15) is 5.75 Å². The number of methoxy groups -OCH3 is 1. The summed E-state index contributed by atoms with van der Waals surface area (Å²) in [5, 5.41) is 0.483. The highest BCUT2D eigenvalue weighted by molar-refractivity contribution is 6.30. The molecule has 1 saturated carbocycles. The summed E-state index contributed by atoms with van der Waals surface area (Å²) in [7, 11) is 1.54. The van der Waals surface area contributed by atoms with Crippen molar-refractivity contribution in [3.05, 3.63) is 64.7 Å². The zero-order valence-corrected chi connectivity index (χ0v) is 17.8. The Balaban J connectivity index is 2.10. The molecule has 0 spiro atoms. The molecule has 2 atom stereocenters. The Hall–Kier alpha value is -2.86. The van der Waals surface area contributed by atoms with Crippen LogP contribution in [0.2, 0.25) is 5.02 Å². The fraction of sp³-hybridized carbons (Fsp3) is 0.348. The summed E-state index contributed by atoms with van der Waals surface area (Å²) >= 11 is 5.93. The van der Waals surface area contributed by atoms with Crippen molar-refractivity contribution in [1.82, 2.24) is 0 Å². The zero-order chi connectivity index (χ0) is 21.9. The van der Waals surface area contributed by atoms with E-state index in [0.717, 1.165) is 0 Å². The fourth-order valence-electron chi connectivity index (χ4n) is 3.90. The van der Waals surface area contributed by atoms with E-state index in [2.05, 4.69) is 0 Å². The fourth-order valence-corrected chi connectivity index (χ4v) is 4.02. The molecule has 0 amide bonds. The Morgan fingerprint density at radius 1 is 0.900 bits per heavy atom. The van der Waals surface area contributed by atoms with Gasteiger partial charge in [-0.25, -0.2) is 0 Å². The van der Waals surface area contributed by atoms with Crippen LogP contribution in [0.15, 0.2) is 48.5 Å². The molecular weight excluding hydrogens is 408 g/mol. The zero-order valence-electron chi connectivity index (χ0n) is 17.0. The van der Waals surface area contributed by atoms with Crippen LogP contribution in [0, 0.1) is 11.3 Å². The molecule has 0 unspecified atom stereocenters. The third-order valence-electron chi connectivity index (χ3n) is 5.32. The van der Waals surface area contributed by atoms with Gasteiger partial charge in [-0.15, -0.1) is 0 Å². The average molecular weight is 431 g/mol. The number of ketones is 1. The summed E-state index contributed by atoms with van der Waals surface area (Å²) < 4.78 is 15.6. The van der Waals surface area contributed by atoms with E-state index in [1.54, 1.807) is 69.5 Å². The number of halogens is 1. The SMILES string of the molecule is CCOC(=O)C1(C(=O)OCC)[C@H](C(=O)c2ccc(Cl)cc2)[C@H]1c1ccc(OC)cc1. The van der Waals surface area contributed by atoms with E-state index in [0.29, 0.717) is 21.9 Å². The van der Waals surface area contributed by atoms with Gasteiger partial charge in [-0.3, -0.25) is 14.4 Å². The molecule has 0 bridgehead atoms. The summed E-state index contributed by atoms with van der Waals surface area (Å²) in [5.41, 5.74) is -0.709. The largest absolute Gasteiger partial charge is 0.497 e. The minimum atomic E-state index is -1.72. The van der Waals surface area contributed by atoms with Crippen molar-refractivity contribution in [1.29, 1.82) is 0 Å². The number of carbonyl (C=O) groups is 3. The molecule has 1 aliphatic rings. The van der Waals surface area contributed by atoms with Crippen molar-refractivity contribution in [2.24, 2.45) is 11.3 Å². The maximum atomic E-state index is 13.4. The van der Waals surface area contributed by atoms with E-state index >= 15 is 0 Å². The lowest BCUT2D eigenvalue weighted by Gasteiger charge is -2.15. The van der Waals surface area contributed by atoms with E-state index in [9.17, 15) is 14.4 Å². The number of Topliss-reactive ketones (excluding diaryl/α,β-unsaturated/α-hetero) is 1. The second-order valence-corrected chi connectivity index (χ2v) is 7.35. The first kappa shape index (κ1) is 21.8. The normalized spacial score (nSPS) is 18.9. The highest BCUT2D eigenvalue weighted by Gasteiger charge is 2.79. The maximum absolute atomic E-state index is 13.4. The minimum Gasteiger partial charge on any atom is -0.497 e. The number of carbonyl (C=O) groups excluding carboxylic acids is 3. The molecule has 30 heavy (non-hydrogen) atoms. The molecule has 7 heteroatoms. The predicted molar refractivity (Wildman–Crippen MR) is 111 cm³/mol. The van der Waals surface area contributed by atoms with Gasteiger partial charge in [0.25, 0.3) is 0 Å². The van der Waals surface area contributed by atoms with Crippen LogP contribution in [0.5, 0.6) is 5.75 Å². The molecule has 3 rings (SSSR count). The Morgan fingerprint density at radius 2 is 1.43 bits per heavy atom. The maximum Gasteiger partial charge on any atom is 0.324 e.